The number of phenols is 1. The smallest absolute Gasteiger partial charge is 0.254 e. The van der Waals surface area contributed by atoms with E-state index in [9.17, 15) is 9.90 Å². The second-order valence-electron chi connectivity index (χ2n) is 4.31. The van der Waals surface area contributed by atoms with Crippen LogP contribution in [0, 0.1) is 0 Å². The van der Waals surface area contributed by atoms with Gasteiger partial charge >= 0.3 is 0 Å². The first-order valence-electron chi connectivity index (χ1n) is 5.91. The average Bonchev–Trinajstić information content (AvgIpc) is 3.19. The van der Waals surface area contributed by atoms with Gasteiger partial charge in [-0.05, 0) is 31.0 Å². The van der Waals surface area contributed by atoms with Crippen molar-refractivity contribution in [1.82, 2.24) is 4.90 Å². The number of hydrogen-bond donors (Lipinski definition) is 1. The number of methoxy groups -OCH3 is 1. The third-order valence-electron chi connectivity index (χ3n) is 3.00. The molecule has 1 aliphatic carbocycles. The van der Waals surface area contributed by atoms with Crippen molar-refractivity contribution < 1.29 is 14.6 Å². The van der Waals surface area contributed by atoms with Gasteiger partial charge in [0.1, 0.15) is 0 Å². The number of alkyl halides is 1. The number of carbonyl (C=O) groups excluding carboxylic acids is 1. The van der Waals surface area contributed by atoms with Crippen LogP contribution in [0.2, 0.25) is 0 Å². The number of hydrogen-bond acceptors (Lipinski definition) is 3. The number of rotatable bonds is 5. The Morgan fingerprint density at radius 2 is 2.28 bits per heavy atom. The Morgan fingerprint density at radius 1 is 1.56 bits per heavy atom. The molecule has 0 heterocycles. The molecule has 1 N–H and O–H groups in total. The van der Waals surface area contributed by atoms with E-state index in [0.717, 1.165) is 12.8 Å². The average molecular weight is 270 g/mol. The summed E-state index contributed by atoms with van der Waals surface area (Å²) in [7, 11) is 1.47. The molecule has 0 atom stereocenters. The van der Waals surface area contributed by atoms with Gasteiger partial charge in [-0.1, -0.05) is 0 Å². The minimum absolute atomic E-state index is 0.0232. The van der Waals surface area contributed by atoms with Crippen molar-refractivity contribution in [3.63, 3.8) is 0 Å². The number of aromatic hydroxyl groups is 1. The number of ether oxygens (including phenoxy) is 1. The number of carbonyl (C=O) groups is 1. The highest BCUT2D eigenvalue weighted by atomic mass is 35.5. The monoisotopic (exact) mass is 269 g/mol. The molecule has 1 aromatic rings. The number of phenolic OH excluding ortho intramolecular Hbond substituents is 1. The largest absolute Gasteiger partial charge is 0.504 e. The zero-order valence-corrected chi connectivity index (χ0v) is 11.0. The van der Waals surface area contributed by atoms with Gasteiger partial charge in [0, 0.05) is 24.0 Å². The number of benzene rings is 1. The molecule has 1 fully saturated rings. The summed E-state index contributed by atoms with van der Waals surface area (Å²) in [5.74, 6) is 0.674. The second-order valence-corrected chi connectivity index (χ2v) is 4.68. The Kier molecular flexibility index (Phi) is 3.97. The maximum Gasteiger partial charge on any atom is 0.254 e. The van der Waals surface area contributed by atoms with E-state index in [0.29, 0.717) is 29.8 Å². The molecule has 18 heavy (non-hydrogen) atoms. The molecular weight excluding hydrogens is 254 g/mol. The fourth-order valence-corrected chi connectivity index (χ4v) is 2.10. The lowest BCUT2D eigenvalue weighted by atomic mass is 10.1. The van der Waals surface area contributed by atoms with Gasteiger partial charge in [-0.3, -0.25) is 4.79 Å². The number of amides is 1. The standard InChI is InChI=1S/C13H16ClNO3/c1-18-12-5-2-9(8-11(12)16)13(17)15(7-6-14)10-3-4-10/h2,5,8,10,16H,3-4,6-7H2,1H3. The Bertz CT molecular complexity index is 446. The minimum Gasteiger partial charge on any atom is -0.504 e. The Balaban J connectivity index is 2.18. The molecule has 1 amide bonds. The molecule has 0 unspecified atom stereocenters. The first kappa shape index (κ1) is 13.0. The molecule has 0 aromatic heterocycles. The Labute approximate surface area is 111 Å². The minimum atomic E-state index is -0.0869. The highest BCUT2D eigenvalue weighted by molar-refractivity contribution is 6.18. The summed E-state index contributed by atoms with van der Waals surface area (Å²) in [6, 6.07) is 4.99. The molecule has 1 aliphatic rings. The maximum atomic E-state index is 12.3. The van der Waals surface area contributed by atoms with Crippen molar-refractivity contribution in [2.75, 3.05) is 19.5 Å². The molecule has 0 aliphatic heterocycles. The fourth-order valence-electron chi connectivity index (χ4n) is 1.92. The molecule has 0 radical (unpaired) electrons. The molecule has 98 valence electrons. The van der Waals surface area contributed by atoms with Gasteiger partial charge in [-0.15, -0.1) is 11.6 Å². The van der Waals surface area contributed by atoms with Crippen molar-refractivity contribution in [2.45, 2.75) is 18.9 Å². The van der Waals surface area contributed by atoms with Gasteiger partial charge in [0.05, 0.1) is 7.11 Å². The third-order valence-corrected chi connectivity index (χ3v) is 3.17. The normalized spacial score (nSPS) is 14.3. The molecular formula is C13H16ClNO3. The molecule has 1 saturated carbocycles. The zero-order chi connectivity index (χ0) is 13.1. The van der Waals surface area contributed by atoms with Crippen LogP contribution in [-0.4, -0.2) is 41.5 Å². The van der Waals surface area contributed by atoms with Crippen LogP contribution in [-0.2, 0) is 0 Å². The summed E-state index contributed by atoms with van der Waals surface area (Å²) in [5, 5.41) is 9.68. The van der Waals surface area contributed by atoms with Crippen LogP contribution in [0.3, 0.4) is 0 Å². The van der Waals surface area contributed by atoms with E-state index >= 15 is 0 Å². The van der Waals surface area contributed by atoms with Crippen LogP contribution >= 0.6 is 11.6 Å². The fraction of sp³-hybridized carbons (Fsp3) is 0.462. The predicted octanol–water partition coefficient (Wildman–Crippen LogP) is 2.24. The summed E-state index contributed by atoms with van der Waals surface area (Å²) >= 11 is 5.72. The summed E-state index contributed by atoms with van der Waals surface area (Å²) < 4.78 is 4.95. The lowest BCUT2D eigenvalue weighted by Crippen LogP contribution is -2.34. The Morgan fingerprint density at radius 3 is 2.78 bits per heavy atom. The van der Waals surface area contributed by atoms with E-state index in [2.05, 4.69) is 0 Å². The van der Waals surface area contributed by atoms with Crippen molar-refractivity contribution in [2.24, 2.45) is 0 Å². The van der Waals surface area contributed by atoms with Crippen molar-refractivity contribution in [1.29, 1.82) is 0 Å². The van der Waals surface area contributed by atoms with E-state index in [1.54, 1.807) is 17.0 Å². The SMILES string of the molecule is COc1ccc(C(=O)N(CCCl)C2CC2)cc1O. The van der Waals surface area contributed by atoms with E-state index in [4.69, 9.17) is 16.3 Å². The summed E-state index contributed by atoms with van der Waals surface area (Å²) in [6.07, 6.45) is 2.07. The van der Waals surface area contributed by atoms with E-state index in [1.165, 1.54) is 13.2 Å². The molecule has 5 heteroatoms. The van der Waals surface area contributed by atoms with Gasteiger partial charge in [0.15, 0.2) is 11.5 Å². The van der Waals surface area contributed by atoms with E-state index in [-0.39, 0.29) is 11.7 Å². The highest BCUT2D eigenvalue weighted by Crippen LogP contribution is 2.31. The zero-order valence-electron chi connectivity index (χ0n) is 10.2. The van der Waals surface area contributed by atoms with E-state index in [1.807, 2.05) is 0 Å². The first-order valence-corrected chi connectivity index (χ1v) is 6.44. The van der Waals surface area contributed by atoms with Crippen LogP contribution in [0.15, 0.2) is 18.2 Å². The number of halogens is 1. The lowest BCUT2D eigenvalue weighted by molar-refractivity contribution is 0.0753. The molecule has 0 spiro atoms. The summed E-state index contributed by atoms with van der Waals surface area (Å²) in [6.45, 7) is 0.540. The third kappa shape index (κ3) is 2.70. The van der Waals surface area contributed by atoms with Crippen LogP contribution in [0.25, 0.3) is 0 Å². The molecule has 0 bridgehead atoms. The van der Waals surface area contributed by atoms with Gasteiger partial charge in [-0.25, -0.2) is 0 Å². The van der Waals surface area contributed by atoms with Crippen LogP contribution in [0.4, 0.5) is 0 Å². The van der Waals surface area contributed by atoms with Gasteiger partial charge in [0.2, 0.25) is 0 Å². The molecule has 0 saturated heterocycles. The predicted molar refractivity (Wildman–Crippen MR) is 69.4 cm³/mol. The highest BCUT2D eigenvalue weighted by Gasteiger charge is 2.32. The first-order chi connectivity index (χ1) is 8.67. The topological polar surface area (TPSA) is 49.8 Å². The van der Waals surface area contributed by atoms with Crippen molar-refractivity contribution in [3.05, 3.63) is 23.8 Å². The quantitative estimate of drug-likeness (QED) is 0.834. The number of nitrogens with zero attached hydrogens (tertiary/aromatic N) is 1. The molecule has 1 aromatic carbocycles. The Hall–Kier alpha value is -1.42. The van der Waals surface area contributed by atoms with Gasteiger partial charge in [0.25, 0.3) is 5.91 Å². The van der Waals surface area contributed by atoms with E-state index < -0.39 is 0 Å². The van der Waals surface area contributed by atoms with Crippen molar-refractivity contribution >= 4 is 17.5 Å². The molecule has 2 rings (SSSR count). The van der Waals surface area contributed by atoms with Gasteiger partial charge < -0.3 is 14.7 Å². The summed E-state index contributed by atoms with van der Waals surface area (Å²) in [5.41, 5.74) is 0.463. The van der Waals surface area contributed by atoms with Gasteiger partial charge in [-0.2, -0.15) is 0 Å². The van der Waals surface area contributed by atoms with Crippen LogP contribution < -0.4 is 4.74 Å². The van der Waals surface area contributed by atoms with Crippen LogP contribution in [0.5, 0.6) is 11.5 Å². The van der Waals surface area contributed by atoms with Crippen LogP contribution in [0.1, 0.15) is 23.2 Å². The van der Waals surface area contributed by atoms with Crippen molar-refractivity contribution in [3.8, 4) is 11.5 Å². The second kappa shape index (κ2) is 5.48. The maximum absolute atomic E-state index is 12.3. The lowest BCUT2D eigenvalue weighted by Gasteiger charge is -2.21. The molecule has 4 nitrogen and oxygen atoms in total. The summed E-state index contributed by atoms with van der Waals surface area (Å²) in [4.78, 5) is 14.1.